The van der Waals surface area contributed by atoms with E-state index in [9.17, 15) is 22.8 Å². The Kier molecular flexibility index (Phi) is 4.27. The predicted molar refractivity (Wildman–Crippen MR) is 52.3 cm³/mol. The molecule has 5 nitrogen and oxygen atoms in total. The van der Waals surface area contributed by atoms with E-state index in [0.717, 1.165) is 0 Å². The van der Waals surface area contributed by atoms with Crippen molar-refractivity contribution < 1.29 is 33.0 Å². The Balaban J connectivity index is 3.01. The van der Waals surface area contributed by atoms with E-state index in [1.165, 1.54) is 0 Å². The molecule has 1 aromatic rings. The molecule has 1 amide bonds. The van der Waals surface area contributed by atoms with E-state index in [1.54, 1.807) is 5.32 Å². The monoisotopic (exact) mass is 263 g/mol. The van der Waals surface area contributed by atoms with Crippen LogP contribution in [0, 0.1) is 17.5 Å². The van der Waals surface area contributed by atoms with Crippen molar-refractivity contribution in [1.29, 1.82) is 0 Å². The fourth-order valence-electron chi connectivity index (χ4n) is 1.18. The van der Waals surface area contributed by atoms with Crippen molar-refractivity contribution in [1.82, 2.24) is 5.32 Å². The highest BCUT2D eigenvalue weighted by molar-refractivity contribution is 5.97. The van der Waals surface area contributed by atoms with Gasteiger partial charge in [-0.25, -0.2) is 18.0 Å². The summed E-state index contributed by atoms with van der Waals surface area (Å²) in [6.07, 6.45) is 0. The Morgan fingerprint density at radius 3 is 2.11 bits per heavy atom. The summed E-state index contributed by atoms with van der Waals surface area (Å²) in [4.78, 5) is 21.9. The molecule has 8 heteroatoms. The third-order valence-corrected chi connectivity index (χ3v) is 2.02. The van der Waals surface area contributed by atoms with Gasteiger partial charge in [-0.15, -0.1) is 0 Å². The third kappa shape index (κ3) is 2.98. The van der Waals surface area contributed by atoms with Gasteiger partial charge in [-0.2, -0.15) is 0 Å². The molecule has 0 saturated heterocycles. The largest absolute Gasteiger partial charge is 0.480 e. The second-order valence-corrected chi connectivity index (χ2v) is 3.29. The summed E-state index contributed by atoms with van der Waals surface area (Å²) in [5, 5.41) is 18.9. The highest BCUT2D eigenvalue weighted by Gasteiger charge is 2.24. The molecule has 0 spiro atoms. The van der Waals surface area contributed by atoms with Crippen molar-refractivity contribution in [3.8, 4) is 0 Å². The molecule has 98 valence electrons. The number of halogens is 3. The fourth-order valence-corrected chi connectivity index (χ4v) is 1.18. The van der Waals surface area contributed by atoms with Gasteiger partial charge in [0.05, 0.1) is 6.61 Å². The zero-order valence-electron chi connectivity index (χ0n) is 8.78. The minimum atomic E-state index is -1.71. The Labute approximate surface area is 98.8 Å². The molecule has 0 aliphatic heterocycles. The summed E-state index contributed by atoms with van der Waals surface area (Å²) in [7, 11) is 0. The van der Waals surface area contributed by atoms with Gasteiger partial charge in [0.25, 0.3) is 5.91 Å². The Morgan fingerprint density at radius 1 is 1.22 bits per heavy atom. The van der Waals surface area contributed by atoms with Gasteiger partial charge >= 0.3 is 5.97 Å². The van der Waals surface area contributed by atoms with E-state index in [-0.39, 0.29) is 12.1 Å². The first-order chi connectivity index (χ1) is 8.36. The van der Waals surface area contributed by atoms with Gasteiger partial charge in [-0.05, 0) is 0 Å². The molecule has 1 unspecified atom stereocenters. The Bertz CT molecular complexity index is 469. The van der Waals surface area contributed by atoms with Crippen LogP contribution in [-0.4, -0.2) is 34.7 Å². The van der Waals surface area contributed by atoms with Crippen LogP contribution < -0.4 is 5.32 Å². The second kappa shape index (κ2) is 5.50. The molecule has 0 aliphatic carbocycles. The summed E-state index contributed by atoms with van der Waals surface area (Å²) >= 11 is 0. The maximum Gasteiger partial charge on any atom is 0.328 e. The van der Waals surface area contributed by atoms with E-state index >= 15 is 0 Å². The van der Waals surface area contributed by atoms with E-state index in [0.29, 0.717) is 0 Å². The van der Waals surface area contributed by atoms with Crippen LogP contribution in [0.5, 0.6) is 0 Å². The maximum atomic E-state index is 13.2. The minimum Gasteiger partial charge on any atom is -0.480 e. The number of hydrogen-bond donors (Lipinski definition) is 3. The quantitative estimate of drug-likeness (QED) is 0.728. The number of carbonyl (C=O) groups is 2. The first kappa shape index (κ1) is 14.0. The van der Waals surface area contributed by atoms with Crippen LogP contribution in [0.4, 0.5) is 13.2 Å². The molecule has 1 rings (SSSR count). The Hall–Kier alpha value is -2.09. The number of benzene rings is 1. The normalized spacial score (nSPS) is 12.0. The van der Waals surface area contributed by atoms with E-state index in [1.807, 2.05) is 0 Å². The molecule has 0 aliphatic rings. The fraction of sp³-hybridized carbons (Fsp3) is 0.200. The number of hydrogen-bond acceptors (Lipinski definition) is 3. The van der Waals surface area contributed by atoms with Crippen molar-refractivity contribution in [2.75, 3.05) is 6.61 Å². The van der Waals surface area contributed by atoms with Gasteiger partial charge in [-0.3, -0.25) is 4.79 Å². The van der Waals surface area contributed by atoms with Gasteiger partial charge in [0.1, 0.15) is 23.0 Å². The van der Waals surface area contributed by atoms with E-state index in [4.69, 9.17) is 10.2 Å². The molecule has 0 heterocycles. The molecule has 18 heavy (non-hydrogen) atoms. The SMILES string of the molecule is O=C(NC(CO)C(=O)O)c1c(F)cc(F)cc1F. The topological polar surface area (TPSA) is 86.6 Å². The van der Waals surface area contributed by atoms with Crippen LogP contribution in [0.3, 0.4) is 0 Å². The van der Waals surface area contributed by atoms with Gasteiger partial charge in [0, 0.05) is 12.1 Å². The summed E-state index contributed by atoms with van der Waals surface area (Å²) in [5.41, 5.74) is -1.11. The number of amides is 1. The first-order valence-corrected chi connectivity index (χ1v) is 4.66. The van der Waals surface area contributed by atoms with Crippen molar-refractivity contribution in [2.45, 2.75) is 6.04 Å². The summed E-state index contributed by atoms with van der Waals surface area (Å²) in [6.45, 7) is -0.953. The van der Waals surface area contributed by atoms with Gasteiger partial charge in [-0.1, -0.05) is 0 Å². The number of rotatable bonds is 4. The molecule has 1 atom stereocenters. The zero-order valence-corrected chi connectivity index (χ0v) is 8.78. The molecule has 0 bridgehead atoms. The van der Waals surface area contributed by atoms with Crippen molar-refractivity contribution in [3.05, 3.63) is 35.1 Å². The van der Waals surface area contributed by atoms with Crippen LogP contribution in [0.15, 0.2) is 12.1 Å². The lowest BCUT2D eigenvalue weighted by Crippen LogP contribution is -2.43. The standard InChI is InChI=1S/C10H8F3NO4/c11-4-1-5(12)8(6(13)2-4)9(16)14-7(3-15)10(17)18/h1-2,7,15H,3H2,(H,14,16)(H,17,18). The lowest BCUT2D eigenvalue weighted by atomic mass is 10.1. The molecule has 1 aromatic carbocycles. The molecule has 0 saturated carbocycles. The third-order valence-electron chi connectivity index (χ3n) is 2.02. The molecular formula is C10H8F3NO4. The smallest absolute Gasteiger partial charge is 0.328 e. The summed E-state index contributed by atoms with van der Waals surface area (Å²) in [5.74, 6) is -7.11. The second-order valence-electron chi connectivity index (χ2n) is 3.29. The van der Waals surface area contributed by atoms with E-state index < -0.39 is 47.5 Å². The summed E-state index contributed by atoms with van der Waals surface area (Å²) < 4.78 is 38.9. The number of carbonyl (C=O) groups excluding carboxylic acids is 1. The number of aliphatic hydroxyl groups excluding tert-OH is 1. The van der Waals surface area contributed by atoms with Crippen LogP contribution in [0.25, 0.3) is 0 Å². The van der Waals surface area contributed by atoms with Crippen LogP contribution in [0.1, 0.15) is 10.4 Å². The zero-order chi connectivity index (χ0) is 13.9. The maximum absolute atomic E-state index is 13.2. The highest BCUT2D eigenvalue weighted by Crippen LogP contribution is 2.14. The number of aliphatic carboxylic acids is 1. The van der Waals surface area contributed by atoms with Crippen LogP contribution in [-0.2, 0) is 4.79 Å². The van der Waals surface area contributed by atoms with Crippen molar-refractivity contribution in [3.63, 3.8) is 0 Å². The molecule has 0 radical (unpaired) electrons. The first-order valence-electron chi connectivity index (χ1n) is 4.66. The number of carboxylic acid groups (broad SMARTS) is 1. The van der Waals surface area contributed by atoms with Crippen LogP contribution >= 0.6 is 0 Å². The Morgan fingerprint density at radius 2 is 1.72 bits per heavy atom. The molecule has 0 fully saturated rings. The average Bonchev–Trinajstić information content (AvgIpc) is 2.23. The number of nitrogens with one attached hydrogen (secondary N) is 1. The van der Waals surface area contributed by atoms with Gasteiger partial charge in [0.15, 0.2) is 6.04 Å². The van der Waals surface area contributed by atoms with E-state index in [2.05, 4.69) is 0 Å². The predicted octanol–water partition coefficient (Wildman–Crippen LogP) is 0.279. The lowest BCUT2D eigenvalue weighted by Gasteiger charge is -2.12. The van der Waals surface area contributed by atoms with Crippen LogP contribution in [0.2, 0.25) is 0 Å². The number of carboxylic acids is 1. The van der Waals surface area contributed by atoms with Crippen molar-refractivity contribution in [2.24, 2.45) is 0 Å². The lowest BCUT2D eigenvalue weighted by molar-refractivity contribution is -0.140. The summed E-state index contributed by atoms with van der Waals surface area (Å²) in [6, 6.07) is -1.14. The number of aliphatic hydroxyl groups is 1. The average molecular weight is 263 g/mol. The molecule has 0 aromatic heterocycles. The van der Waals surface area contributed by atoms with Gasteiger partial charge < -0.3 is 15.5 Å². The highest BCUT2D eigenvalue weighted by atomic mass is 19.1. The van der Waals surface area contributed by atoms with Gasteiger partial charge in [0.2, 0.25) is 0 Å². The van der Waals surface area contributed by atoms with Crippen molar-refractivity contribution >= 4 is 11.9 Å². The molecule has 3 N–H and O–H groups in total. The minimum absolute atomic E-state index is 0.284. The molecular weight excluding hydrogens is 255 g/mol.